The first-order chi connectivity index (χ1) is 15.7. The normalized spacial score (nSPS) is 22.2. The number of halogens is 3. The summed E-state index contributed by atoms with van der Waals surface area (Å²) in [6.45, 7) is 6.75. The molecule has 2 fully saturated rings. The van der Waals surface area contributed by atoms with Gasteiger partial charge in [0.05, 0.1) is 31.9 Å². The zero-order valence-corrected chi connectivity index (χ0v) is 18.5. The van der Waals surface area contributed by atoms with Crippen LogP contribution in [0.25, 0.3) is 0 Å². The maximum Gasteiger partial charge on any atom is 0.573 e. The third-order valence-corrected chi connectivity index (χ3v) is 5.65. The molecule has 3 rings (SSSR count). The summed E-state index contributed by atoms with van der Waals surface area (Å²) in [7, 11) is 1.50. The molecule has 8 nitrogen and oxygen atoms in total. The van der Waals surface area contributed by atoms with E-state index in [4.69, 9.17) is 15.2 Å². The summed E-state index contributed by atoms with van der Waals surface area (Å²) in [4.78, 5) is 21.1. The smallest absolute Gasteiger partial charge is 0.484 e. The number of hydrogen-bond donors (Lipinski definition) is 1. The fourth-order valence-corrected chi connectivity index (χ4v) is 4.08. The minimum Gasteiger partial charge on any atom is -0.484 e. The summed E-state index contributed by atoms with van der Waals surface area (Å²) in [5.41, 5.74) is 6.86. The molecule has 2 N–H and O–H groups in total. The fourth-order valence-electron chi connectivity index (χ4n) is 4.08. The molecule has 2 aliphatic rings. The minimum absolute atomic E-state index is 0.113. The second-order valence-corrected chi connectivity index (χ2v) is 7.96. The van der Waals surface area contributed by atoms with Crippen molar-refractivity contribution in [3.63, 3.8) is 0 Å². The van der Waals surface area contributed by atoms with Crippen LogP contribution in [0.5, 0.6) is 5.75 Å². The van der Waals surface area contributed by atoms with Gasteiger partial charge in [-0.2, -0.15) is 0 Å². The largest absolute Gasteiger partial charge is 0.573 e. The molecular weight excluding hydrogens is 441 g/mol. The molecule has 1 aromatic carbocycles. The predicted octanol–water partition coefficient (Wildman–Crippen LogP) is 2.96. The van der Waals surface area contributed by atoms with E-state index >= 15 is 0 Å². The van der Waals surface area contributed by atoms with Gasteiger partial charge in [0.15, 0.2) is 5.90 Å². The Morgan fingerprint density at radius 1 is 1.21 bits per heavy atom. The van der Waals surface area contributed by atoms with Crippen LogP contribution in [0.1, 0.15) is 17.9 Å². The number of methoxy groups -OCH3 is 1. The van der Waals surface area contributed by atoms with Crippen molar-refractivity contribution in [1.82, 2.24) is 9.80 Å². The number of alkyl halides is 3. The first kappa shape index (κ1) is 24.8. The van der Waals surface area contributed by atoms with Crippen molar-refractivity contribution in [3.8, 4) is 5.75 Å². The zero-order valence-electron chi connectivity index (χ0n) is 18.5. The van der Waals surface area contributed by atoms with Gasteiger partial charge >= 0.3 is 12.4 Å². The first-order valence-corrected chi connectivity index (χ1v) is 10.7. The SMILES string of the molecule is C=C(CN)N=C(OC)C1CC(c2ccc(OC(F)(F)F)cc2)CN(C(=O)N2CCOCC2)C1. The highest BCUT2D eigenvalue weighted by atomic mass is 19.4. The van der Waals surface area contributed by atoms with Crippen LogP contribution in [0.4, 0.5) is 18.0 Å². The van der Waals surface area contributed by atoms with E-state index in [0.717, 1.165) is 5.56 Å². The van der Waals surface area contributed by atoms with Crippen LogP contribution in [0.2, 0.25) is 0 Å². The van der Waals surface area contributed by atoms with E-state index in [1.54, 1.807) is 21.9 Å². The Labute approximate surface area is 190 Å². The molecule has 33 heavy (non-hydrogen) atoms. The van der Waals surface area contributed by atoms with Gasteiger partial charge in [-0.25, -0.2) is 9.79 Å². The van der Waals surface area contributed by atoms with E-state index in [2.05, 4.69) is 16.3 Å². The highest BCUT2D eigenvalue weighted by Gasteiger charge is 2.36. The number of piperidine rings is 1. The van der Waals surface area contributed by atoms with Gasteiger partial charge in [0.2, 0.25) is 0 Å². The van der Waals surface area contributed by atoms with Crippen LogP contribution < -0.4 is 10.5 Å². The molecule has 2 amide bonds. The van der Waals surface area contributed by atoms with Gasteiger partial charge in [0.25, 0.3) is 0 Å². The number of morpholine rings is 1. The zero-order chi connectivity index (χ0) is 24.0. The van der Waals surface area contributed by atoms with Gasteiger partial charge in [0.1, 0.15) is 5.75 Å². The Bertz CT molecular complexity index is 854. The summed E-state index contributed by atoms with van der Waals surface area (Å²) in [5, 5.41) is 0. The third kappa shape index (κ3) is 6.84. The van der Waals surface area contributed by atoms with Crippen molar-refractivity contribution in [3.05, 3.63) is 42.1 Å². The summed E-state index contributed by atoms with van der Waals surface area (Å²) in [5.74, 6) is -0.237. The summed E-state index contributed by atoms with van der Waals surface area (Å²) in [6, 6.07) is 5.63. The van der Waals surface area contributed by atoms with E-state index in [1.165, 1.54) is 19.2 Å². The number of hydrogen-bond acceptors (Lipinski definition) is 6. The van der Waals surface area contributed by atoms with Crippen molar-refractivity contribution in [1.29, 1.82) is 0 Å². The molecule has 0 spiro atoms. The van der Waals surface area contributed by atoms with Gasteiger partial charge in [-0.1, -0.05) is 18.7 Å². The molecule has 11 heteroatoms. The van der Waals surface area contributed by atoms with Gasteiger partial charge in [-0.15, -0.1) is 13.2 Å². The number of carbonyl (C=O) groups is 1. The lowest BCUT2D eigenvalue weighted by Gasteiger charge is -2.41. The molecule has 0 aromatic heterocycles. The second-order valence-electron chi connectivity index (χ2n) is 7.96. The van der Waals surface area contributed by atoms with E-state index in [9.17, 15) is 18.0 Å². The average molecular weight is 470 g/mol. The van der Waals surface area contributed by atoms with E-state index in [0.29, 0.717) is 57.4 Å². The highest BCUT2D eigenvalue weighted by Crippen LogP contribution is 2.34. The molecule has 2 heterocycles. The molecule has 0 saturated carbocycles. The van der Waals surface area contributed by atoms with Crippen LogP contribution in [0, 0.1) is 5.92 Å². The first-order valence-electron chi connectivity index (χ1n) is 10.7. The number of amides is 2. The highest BCUT2D eigenvalue weighted by molar-refractivity contribution is 5.82. The third-order valence-electron chi connectivity index (χ3n) is 5.65. The maximum atomic E-state index is 13.2. The van der Waals surface area contributed by atoms with Gasteiger partial charge in [-0.3, -0.25) is 0 Å². The van der Waals surface area contributed by atoms with Gasteiger partial charge < -0.3 is 29.7 Å². The fraction of sp³-hybridized carbons (Fsp3) is 0.545. The monoisotopic (exact) mass is 470 g/mol. The Morgan fingerprint density at radius 2 is 1.88 bits per heavy atom. The summed E-state index contributed by atoms with van der Waals surface area (Å²) < 4.78 is 52.3. The molecule has 1 aromatic rings. The number of urea groups is 1. The van der Waals surface area contributed by atoms with Crippen molar-refractivity contribution < 1.29 is 32.2 Å². The van der Waals surface area contributed by atoms with Crippen LogP contribution >= 0.6 is 0 Å². The summed E-state index contributed by atoms with van der Waals surface area (Å²) >= 11 is 0. The lowest BCUT2D eigenvalue weighted by Crippen LogP contribution is -2.53. The van der Waals surface area contributed by atoms with Crippen LogP contribution in [-0.4, -0.2) is 81.1 Å². The number of rotatable bonds is 5. The van der Waals surface area contributed by atoms with Crippen molar-refractivity contribution in [2.75, 3.05) is 53.0 Å². The quantitative estimate of drug-likeness (QED) is 0.528. The average Bonchev–Trinajstić information content (AvgIpc) is 2.81. The number of ether oxygens (including phenoxy) is 3. The van der Waals surface area contributed by atoms with Gasteiger partial charge in [0, 0.05) is 38.6 Å². The second kappa shape index (κ2) is 10.9. The van der Waals surface area contributed by atoms with Crippen molar-refractivity contribution in [2.24, 2.45) is 16.6 Å². The molecule has 0 bridgehead atoms. The van der Waals surface area contributed by atoms with Crippen LogP contribution in [0.15, 0.2) is 41.5 Å². The Kier molecular flexibility index (Phi) is 8.20. The minimum atomic E-state index is -4.76. The molecule has 182 valence electrons. The number of nitrogens with zero attached hydrogens (tertiary/aromatic N) is 3. The lowest BCUT2D eigenvalue weighted by molar-refractivity contribution is -0.274. The van der Waals surface area contributed by atoms with Gasteiger partial charge in [-0.05, 0) is 24.1 Å². The molecule has 2 atom stereocenters. The Hall–Kier alpha value is -2.79. The number of aliphatic imine (C=N–C) groups is 1. The number of benzene rings is 1. The van der Waals surface area contributed by atoms with Crippen LogP contribution in [-0.2, 0) is 9.47 Å². The van der Waals surface area contributed by atoms with Crippen molar-refractivity contribution >= 4 is 11.9 Å². The number of nitrogens with two attached hydrogens (primary N) is 1. The Morgan fingerprint density at radius 3 is 2.45 bits per heavy atom. The predicted molar refractivity (Wildman–Crippen MR) is 116 cm³/mol. The Balaban J connectivity index is 1.84. The van der Waals surface area contributed by atoms with E-state index in [-0.39, 0.29) is 30.2 Å². The maximum absolute atomic E-state index is 13.2. The molecule has 0 radical (unpaired) electrons. The van der Waals surface area contributed by atoms with E-state index in [1.807, 2.05) is 0 Å². The topological polar surface area (TPSA) is 89.6 Å². The molecule has 2 aliphatic heterocycles. The molecule has 2 saturated heterocycles. The molecule has 0 aliphatic carbocycles. The molecular formula is C22H29F3N4O4. The van der Waals surface area contributed by atoms with Crippen LogP contribution in [0.3, 0.4) is 0 Å². The van der Waals surface area contributed by atoms with Crippen molar-refractivity contribution in [2.45, 2.75) is 18.7 Å². The van der Waals surface area contributed by atoms with E-state index < -0.39 is 6.36 Å². The number of likely N-dealkylation sites (tertiary alicyclic amines) is 1. The number of carbonyl (C=O) groups excluding carboxylic acids is 1. The molecule has 2 unspecified atom stereocenters. The summed E-state index contributed by atoms with van der Waals surface area (Å²) in [6.07, 6.45) is -4.16. The lowest BCUT2D eigenvalue weighted by atomic mass is 9.84. The standard InChI is InChI=1S/C22H29F3N4O4/c1-15(12-26)27-20(31-2)18-11-17(16-3-5-19(6-4-16)33-22(23,24)25)13-29(14-18)21(30)28-7-9-32-10-8-28/h3-6,17-18H,1,7-14,26H2,2H3.